The zero-order valence-electron chi connectivity index (χ0n) is 28.3. The van der Waals surface area contributed by atoms with Gasteiger partial charge in [-0.15, -0.1) is 0 Å². The summed E-state index contributed by atoms with van der Waals surface area (Å²) in [5, 5.41) is 14.2. The van der Waals surface area contributed by atoms with Crippen LogP contribution in [0.15, 0.2) is 109 Å². The van der Waals surface area contributed by atoms with E-state index < -0.39 is 0 Å². The molecule has 0 unspecified atom stereocenters. The van der Waals surface area contributed by atoms with Gasteiger partial charge in [-0.25, -0.2) is 0 Å². The summed E-state index contributed by atoms with van der Waals surface area (Å²) < 4.78 is 22.5. The maximum Gasteiger partial charge on any atom is 0.252 e. The first kappa shape index (κ1) is 35.0. The van der Waals surface area contributed by atoms with Gasteiger partial charge in [-0.1, -0.05) is 97.1 Å². The van der Waals surface area contributed by atoms with Crippen LogP contribution >= 0.6 is 0 Å². The molecule has 258 valence electrons. The Labute approximate surface area is 292 Å². The first-order valence-electron chi connectivity index (χ1n) is 17.4. The highest BCUT2D eigenvalue weighted by atomic mass is 16.6. The second-order valence-electron chi connectivity index (χ2n) is 12.1. The van der Waals surface area contributed by atoms with Gasteiger partial charge >= 0.3 is 0 Å². The molecule has 0 fully saturated rings. The number of nitrogens with one attached hydrogen (secondary N) is 2. The molecule has 0 aromatic heterocycles. The molecule has 6 rings (SSSR count). The van der Waals surface area contributed by atoms with Crippen LogP contribution in [0.4, 0.5) is 0 Å². The fraction of sp³-hybridized carbons (Fsp3) is 0.286. The molecule has 0 aliphatic heterocycles. The first-order valence-corrected chi connectivity index (χ1v) is 17.4. The van der Waals surface area contributed by atoms with E-state index in [2.05, 4.69) is 22.8 Å². The highest BCUT2D eigenvalue weighted by molar-refractivity contribution is 6.19. The Morgan fingerprint density at radius 3 is 1.00 bits per heavy atom. The Balaban J connectivity index is 0.764. The molecular formula is C42H44N2O6. The maximum atomic E-state index is 13.2. The number of ether oxygens (including phenoxy) is 4. The van der Waals surface area contributed by atoms with Gasteiger partial charge in [0.25, 0.3) is 11.8 Å². The molecule has 0 radical (unpaired) electrons. The Bertz CT molecular complexity index is 1790. The van der Waals surface area contributed by atoms with Crippen molar-refractivity contribution >= 4 is 54.9 Å². The normalized spacial score (nSPS) is 11.4. The third-order valence-electron chi connectivity index (χ3n) is 8.61. The van der Waals surface area contributed by atoms with E-state index in [1.54, 1.807) is 0 Å². The van der Waals surface area contributed by atoms with Gasteiger partial charge in [0, 0.05) is 26.3 Å². The van der Waals surface area contributed by atoms with E-state index in [0.717, 1.165) is 43.1 Å². The summed E-state index contributed by atoms with van der Waals surface area (Å²) in [4.78, 5) is 26.3. The van der Waals surface area contributed by atoms with Crippen molar-refractivity contribution in [3.05, 3.63) is 120 Å². The minimum Gasteiger partial charge on any atom is -0.379 e. The molecule has 0 heterocycles. The van der Waals surface area contributed by atoms with Gasteiger partial charge in [0.15, 0.2) is 0 Å². The van der Waals surface area contributed by atoms with E-state index in [4.69, 9.17) is 18.9 Å². The second kappa shape index (κ2) is 18.2. The highest BCUT2D eigenvalue weighted by Crippen LogP contribution is 2.29. The molecular weight excluding hydrogens is 628 g/mol. The fourth-order valence-corrected chi connectivity index (χ4v) is 6.21. The van der Waals surface area contributed by atoms with Gasteiger partial charge in [-0.2, -0.15) is 0 Å². The Morgan fingerprint density at radius 1 is 0.400 bits per heavy atom. The Hall–Kier alpha value is -4.86. The zero-order valence-corrected chi connectivity index (χ0v) is 28.3. The molecule has 2 N–H and O–H groups in total. The van der Waals surface area contributed by atoms with Crippen LogP contribution in [-0.4, -0.2) is 77.8 Å². The number of rotatable bonds is 19. The van der Waals surface area contributed by atoms with Gasteiger partial charge in [-0.3, -0.25) is 9.59 Å². The number of fused-ring (bicyclic) bond motifs is 4. The zero-order chi connectivity index (χ0) is 34.4. The predicted molar refractivity (Wildman–Crippen MR) is 200 cm³/mol. The minimum absolute atomic E-state index is 0.0677. The summed E-state index contributed by atoms with van der Waals surface area (Å²) in [6.45, 7) is 5.03. The van der Waals surface area contributed by atoms with Gasteiger partial charge in [0.1, 0.15) is 0 Å². The monoisotopic (exact) mass is 672 g/mol. The molecule has 0 saturated carbocycles. The summed E-state index contributed by atoms with van der Waals surface area (Å²) in [5.74, 6) is -0.135. The van der Waals surface area contributed by atoms with Crippen molar-refractivity contribution in [3.63, 3.8) is 0 Å². The topological polar surface area (TPSA) is 95.1 Å². The lowest BCUT2D eigenvalue weighted by molar-refractivity contribution is -0.00211. The van der Waals surface area contributed by atoms with Crippen molar-refractivity contribution in [2.45, 2.75) is 12.8 Å². The van der Waals surface area contributed by atoms with Gasteiger partial charge in [0.05, 0.1) is 50.8 Å². The van der Waals surface area contributed by atoms with E-state index >= 15 is 0 Å². The van der Waals surface area contributed by atoms with E-state index in [1.807, 2.05) is 97.1 Å². The average Bonchev–Trinajstić information content (AvgIpc) is 3.15. The predicted octanol–water partition coefficient (Wildman–Crippen LogP) is 7.31. The number of benzene rings is 6. The van der Waals surface area contributed by atoms with E-state index in [9.17, 15) is 9.59 Å². The van der Waals surface area contributed by atoms with E-state index in [-0.39, 0.29) is 11.8 Å². The number of hydrogen-bond acceptors (Lipinski definition) is 6. The van der Waals surface area contributed by atoms with Crippen LogP contribution in [-0.2, 0) is 18.9 Å². The lowest BCUT2D eigenvalue weighted by atomic mass is 9.96. The summed E-state index contributed by atoms with van der Waals surface area (Å²) >= 11 is 0. The third-order valence-corrected chi connectivity index (χ3v) is 8.61. The largest absolute Gasteiger partial charge is 0.379 e. The van der Waals surface area contributed by atoms with E-state index in [1.165, 1.54) is 0 Å². The van der Waals surface area contributed by atoms with Crippen LogP contribution in [0.25, 0.3) is 43.1 Å². The SMILES string of the molecule is O=C(NCCCOCCOCCOCCOCCCNC(=O)c1c2ccccc2cc2ccccc12)c1c2ccccc2cc2ccccc12. The number of amides is 2. The van der Waals surface area contributed by atoms with Gasteiger partial charge in [-0.05, 0) is 68.1 Å². The molecule has 8 nitrogen and oxygen atoms in total. The molecule has 50 heavy (non-hydrogen) atoms. The smallest absolute Gasteiger partial charge is 0.252 e. The van der Waals surface area contributed by atoms with Crippen molar-refractivity contribution in [2.24, 2.45) is 0 Å². The summed E-state index contributed by atoms with van der Waals surface area (Å²) in [6.07, 6.45) is 1.43. The molecule has 6 aromatic rings. The lowest BCUT2D eigenvalue weighted by Crippen LogP contribution is -2.26. The molecule has 0 saturated heterocycles. The second-order valence-corrected chi connectivity index (χ2v) is 12.1. The number of carbonyl (C=O) groups excluding carboxylic acids is 2. The molecule has 2 amide bonds. The van der Waals surface area contributed by atoms with Crippen molar-refractivity contribution in [3.8, 4) is 0 Å². The average molecular weight is 673 g/mol. The van der Waals surface area contributed by atoms with Crippen LogP contribution < -0.4 is 10.6 Å². The molecule has 0 bridgehead atoms. The first-order chi connectivity index (χ1) is 24.7. The van der Waals surface area contributed by atoms with Crippen molar-refractivity contribution in [1.82, 2.24) is 10.6 Å². The molecule has 0 aliphatic carbocycles. The Kier molecular flexibility index (Phi) is 12.8. The molecule has 8 heteroatoms. The third kappa shape index (κ3) is 9.02. The standard InChI is InChI=1S/C42H44N2O6/c45-41(39-35-15-5-1-11-31(35)29-32-12-2-6-16-36(32)39)43-19-9-21-47-23-25-49-27-28-50-26-24-48-22-10-20-44-42(46)40-37-17-7-3-13-33(37)30-34-14-4-8-18-38(34)40/h1-8,11-18,29-30H,9-10,19-28H2,(H,43,45)(H,44,46). The van der Waals surface area contributed by atoms with Gasteiger partial charge < -0.3 is 29.6 Å². The lowest BCUT2D eigenvalue weighted by Gasteiger charge is -2.12. The quantitative estimate of drug-likeness (QED) is 0.0693. The van der Waals surface area contributed by atoms with Crippen LogP contribution in [0.1, 0.15) is 33.6 Å². The Morgan fingerprint density at radius 2 is 0.680 bits per heavy atom. The summed E-state index contributed by atoms with van der Waals surface area (Å²) in [6, 6.07) is 36.2. The highest BCUT2D eigenvalue weighted by Gasteiger charge is 2.15. The maximum absolute atomic E-state index is 13.2. The van der Waals surface area contributed by atoms with Crippen molar-refractivity contribution in [2.75, 3.05) is 65.9 Å². The minimum atomic E-state index is -0.0677. The fourth-order valence-electron chi connectivity index (χ4n) is 6.21. The molecule has 0 spiro atoms. The van der Waals surface area contributed by atoms with Crippen LogP contribution in [0.2, 0.25) is 0 Å². The van der Waals surface area contributed by atoms with Crippen molar-refractivity contribution in [1.29, 1.82) is 0 Å². The van der Waals surface area contributed by atoms with Gasteiger partial charge in [0.2, 0.25) is 0 Å². The van der Waals surface area contributed by atoms with Crippen LogP contribution in [0.3, 0.4) is 0 Å². The van der Waals surface area contributed by atoms with E-state index in [0.29, 0.717) is 89.9 Å². The number of hydrogen-bond donors (Lipinski definition) is 2. The summed E-state index contributed by atoms with van der Waals surface area (Å²) in [5.41, 5.74) is 1.43. The van der Waals surface area contributed by atoms with Crippen molar-refractivity contribution < 1.29 is 28.5 Å². The molecule has 6 aromatic carbocycles. The van der Waals surface area contributed by atoms with Crippen LogP contribution in [0.5, 0.6) is 0 Å². The molecule has 0 aliphatic rings. The number of carbonyl (C=O) groups is 2. The van der Waals surface area contributed by atoms with Crippen LogP contribution in [0, 0.1) is 0 Å². The summed E-state index contributed by atoms with van der Waals surface area (Å²) in [7, 11) is 0. The molecule has 0 atom stereocenters.